The SMILES string of the molecule is CC(C)c1noc2c(Cc3nc4ccccc4o3)cccc12. The molecular formula is C18H16N2O2. The highest BCUT2D eigenvalue weighted by Gasteiger charge is 2.16. The van der Waals surface area contributed by atoms with Crippen LogP contribution in [0.25, 0.3) is 22.1 Å². The summed E-state index contributed by atoms with van der Waals surface area (Å²) >= 11 is 0. The maximum Gasteiger partial charge on any atom is 0.200 e. The molecule has 4 rings (SSSR count). The van der Waals surface area contributed by atoms with Gasteiger partial charge in [0.2, 0.25) is 0 Å². The smallest absolute Gasteiger partial charge is 0.200 e. The standard InChI is InChI=1S/C18H16N2O2/c1-11(2)17-13-7-5-6-12(18(13)22-20-17)10-16-19-14-8-3-4-9-15(14)21-16/h3-9,11H,10H2,1-2H3. The third-order valence-corrected chi connectivity index (χ3v) is 3.83. The average Bonchev–Trinajstić information content (AvgIpc) is 3.10. The number of rotatable bonds is 3. The molecule has 2 heterocycles. The van der Waals surface area contributed by atoms with Crippen molar-refractivity contribution in [1.29, 1.82) is 0 Å². The van der Waals surface area contributed by atoms with Gasteiger partial charge in [-0.3, -0.25) is 0 Å². The molecule has 0 fully saturated rings. The van der Waals surface area contributed by atoms with Gasteiger partial charge in [0.05, 0.1) is 12.1 Å². The first-order chi connectivity index (χ1) is 10.7. The fourth-order valence-electron chi connectivity index (χ4n) is 2.75. The van der Waals surface area contributed by atoms with Gasteiger partial charge in [-0.2, -0.15) is 0 Å². The van der Waals surface area contributed by atoms with Crippen LogP contribution in [0.1, 0.15) is 36.9 Å². The molecule has 0 bridgehead atoms. The number of oxazole rings is 1. The highest BCUT2D eigenvalue weighted by atomic mass is 16.5. The van der Waals surface area contributed by atoms with Crippen molar-refractivity contribution in [3.05, 3.63) is 59.6 Å². The summed E-state index contributed by atoms with van der Waals surface area (Å²) in [4.78, 5) is 4.53. The minimum absolute atomic E-state index is 0.334. The topological polar surface area (TPSA) is 52.1 Å². The third-order valence-electron chi connectivity index (χ3n) is 3.83. The van der Waals surface area contributed by atoms with E-state index in [1.54, 1.807) is 0 Å². The molecule has 0 unspecified atom stereocenters. The van der Waals surface area contributed by atoms with Crippen LogP contribution in [0.3, 0.4) is 0 Å². The minimum atomic E-state index is 0.334. The van der Waals surface area contributed by atoms with Gasteiger partial charge in [-0.1, -0.05) is 43.3 Å². The summed E-state index contributed by atoms with van der Waals surface area (Å²) in [7, 11) is 0. The summed E-state index contributed by atoms with van der Waals surface area (Å²) in [5.41, 5.74) is 4.56. The minimum Gasteiger partial charge on any atom is -0.440 e. The molecule has 4 aromatic rings. The summed E-state index contributed by atoms with van der Waals surface area (Å²) in [6.45, 7) is 4.23. The monoisotopic (exact) mass is 292 g/mol. The number of nitrogens with zero attached hydrogens (tertiary/aromatic N) is 2. The molecule has 0 radical (unpaired) electrons. The van der Waals surface area contributed by atoms with Crippen molar-refractivity contribution in [3.8, 4) is 0 Å². The van der Waals surface area contributed by atoms with Crippen LogP contribution < -0.4 is 0 Å². The summed E-state index contributed by atoms with van der Waals surface area (Å²) in [6.07, 6.45) is 0.596. The number of para-hydroxylation sites is 3. The lowest BCUT2D eigenvalue weighted by molar-refractivity contribution is 0.438. The fraction of sp³-hybridized carbons (Fsp3) is 0.222. The zero-order chi connectivity index (χ0) is 15.1. The van der Waals surface area contributed by atoms with Crippen molar-refractivity contribution in [2.24, 2.45) is 0 Å². The predicted octanol–water partition coefficient (Wildman–Crippen LogP) is 4.68. The lowest BCUT2D eigenvalue weighted by Crippen LogP contribution is -1.90. The van der Waals surface area contributed by atoms with Gasteiger partial charge in [0.1, 0.15) is 5.52 Å². The van der Waals surface area contributed by atoms with E-state index in [1.807, 2.05) is 36.4 Å². The summed E-state index contributed by atoms with van der Waals surface area (Å²) in [5, 5.41) is 5.29. The lowest BCUT2D eigenvalue weighted by atomic mass is 10.0. The van der Waals surface area contributed by atoms with Gasteiger partial charge >= 0.3 is 0 Å². The molecule has 0 amide bonds. The van der Waals surface area contributed by atoms with Gasteiger partial charge in [0.15, 0.2) is 17.1 Å². The molecule has 22 heavy (non-hydrogen) atoms. The van der Waals surface area contributed by atoms with Gasteiger partial charge in [-0.25, -0.2) is 4.98 Å². The van der Waals surface area contributed by atoms with E-state index in [4.69, 9.17) is 8.94 Å². The van der Waals surface area contributed by atoms with Crippen molar-refractivity contribution in [3.63, 3.8) is 0 Å². The first kappa shape index (κ1) is 13.1. The zero-order valence-electron chi connectivity index (χ0n) is 12.5. The van der Waals surface area contributed by atoms with Gasteiger partial charge < -0.3 is 8.94 Å². The predicted molar refractivity (Wildman–Crippen MR) is 84.9 cm³/mol. The van der Waals surface area contributed by atoms with Crippen LogP contribution >= 0.6 is 0 Å². The number of hydrogen-bond donors (Lipinski definition) is 0. The van der Waals surface area contributed by atoms with Crippen LogP contribution in [0.4, 0.5) is 0 Å². The Kier molecular flexibility index (Phi) is 2.96. The van der Waals surface area contributed by atoms with E-state index in [1.165, 1.54) is 0 Å². The average molecular weight is 292 g/mol. The van der Waals surface area contributed by atoms with E-state index in [0.29, 0.717) is 18.2 Å². The molecule has 0 aliphatic heterocycles. The number of fused-ring (bicyclic) bond motifs is 2. The maximum atomic E-state index is 5.80. The van der Waals surface area contributed by atoms with Crippen LogP contribution in [0.2, 0.25) is 0 Å². The third kappa shape index (κ3) is 2.08. The fourth-order valence-corrected chi connectivity index (χ4v) is 2.75. The zero-order valence-corrected chi connectivity index (χ0v) is 12.5. The van der Waals surface area contributed by atoms with Crippen molar-refractivity contribution < 1.29 is 8.94 Å². The van der Waals surface area contributed by atoms with E-state index in [0.717, 1.165) is 33.3 Å². The van der Waals surface area contributed by atoms with Crippen molar-refractivity contribution in [1.82, 2.24) is 10.1 Å². The molecule has 4 heteroatoms. The molecule has 4 nitrogen and oxygen atoms in total. The van der Waals surface area contributed by atoms with Crippen molar-refractivity contribution in [2.45, 2.75) is 26.2 Å². The Balaban J connectivity index is 1.77. The molecule has 0 N–H and O–H groups in total. The molecule has 0 atom stereocenters. The Morgan fingerprint density at radius 2 is 1.91 bits per heavy atom. The molecule has 0 aliphatic rings. The molecule has 0 saturated carbocycles. The molecular weight excluding hydrogens is 276 g/mol. The Hall–Kier alpha value is -2.62. The van der Waals surface area contributed by atoms with Crippen LogP contribution in [0, 0.1) is 0 Å². The van der Waals surface area contributed by atoms with Gasteiger partial charge in [0.25, 0.3) is 0 Å². The summed E-state index contributed by atoms with van der Waals surface area (Å²) in [5.74, 6) is 1.03. The molecule has 110 valence electrons. The van der Waals surface area contributed by atoms with E-state index >= 15 is 0 Å². The highest BCUT2D eigenvalue weighted by molar-refractivity contribution is 5.83. The summed E-state index contributed by atoms with van der Waals surface area (Å²) in [6, 6.07) is 13.9. The molecule has 2 aromatic carbocycles. The van der Waals surface area contributed by atoms with E-state index in [2.05, 4.69) is 30.1 Å². The van der Waals surface area contributed by atoms with Gasteiger partial charge in [0, 0.05) is 10.9 Å². The summed E-state index contributed by atoms with van der Waals surface area (Å²) < 4.78 is 11.4. The van der Waals surface area contributed by atoms with Crippen molar-refractivity contribution >= 4 is 22.1 Å². The highest BCUT2D eigenvalue weighted by Crippen LogP contribution is 2.28. The normalized spacial score (nSPS) is 11.8. The first-order valence-corrected chi connectivity index (χ1v) is 7.44. The largest absolute Gasteiger partial charge is 0.440 e. The maximum absolute atomic E-state index is 5.80. The van der Waals surface area contributed by atoms with Crippen LogP contribution in [-0.2, 0) is 6.42 Å². The number of aromatic nitrogens is 2. The van der Waals surface area contributed by atoms with Crippen molar-refractivity contribution in [2.75, 3.05) is 0 Å². The van der Waals surface area contributed by atoms with Crippen LogP contribution in [-0.4, -0.2) is 10.1 Å². The van der Waals surface area contributed by atoms with Gasteiger partial charge in [-0.05, 0) is 24.1 Å². The molecule has 2 aromatic heterocycles. The van der Waals surface area contributed by atoms with Crippen LogP contribution in [0.5, 0.6) is 0 Å². The Morgan fingerprint density at radius 3 is 2.73 bits per heavy atom. The quantitative estimate of drug-likeness (QED) is 0.550. The van der Waals surface area contributed by atoms with Crippen LogP contribution in [0.15, 0.2) is 51.4 Å². The Labute approximate surface area is 127 Å². The Morgan fingerprint density at radius 1 is 1.05 bits per heavy atom. The number of benzene rings is 2. The second kappa shape index (κ2) is 4.98. The molecule has 0 saturated heterocycles. The second-order valence-electron chi connectivity index (χ2n) is 5.77. The molecule has 0 aliphatic carbocycles. The Bertz CT molecular complexity index is 917. The van der Waals surface area contributed by atoms with E-state index in [9.17, 15) is 0 Å². The van der Waals surface area contributed by atoms with Gasteiger partial charge in [-0.15, -0.1) is 0 Å². The molecule has 0 spiro atoms. The van der Waals surface area contributed by atoms with E-state index < -0.39 is 0 Å². The first-order valence-electron chi connectivity index (χ1n) is 7.44. The lowest BCUT2D eigenvalue weighted by Gasteiger charge is -2.00. The van der Waals surface area contributed by atoms with E-state index in [-0.39, 0.29) is 0 Å². The number of hydrogen-bond acceptors (Lipinski definition) is 4. The second-order valence-corrected chi connectivity index (χ2v) is 5.77.